The maximum absolute atomic E-state index is 6.63. The van der Waals surface area contributed by atoms with E-state index in [4.69, 9.17) is 9.72 Å². The summed E-state index contributed by atoms with van der Waals surface area (Å²) in [6.07, 6.45) is 1.92. The van der Waals surface area contributed by atoms with Crippen molar-refractivity contribution in [2.45, 2.75) is 59.3 Å². The number of nitrogens with zero attached hydrogens (tertiary/aromatic N) is 4. The SMILES string of the molecule is CC1=C(C)N(c2cccc(C(C)(C)c3ccccc3)c2)CN1c1cccc(Oc2ccc3c4ccccc4n(-c4cc(C(C)(C)C)ccn4)c3c2)c1. The zero-order valence-corrected chi connectivity index (χ0v) is 31.2. The number of hydrogen-bond acceptors (Lipinski definition) is 4. The third kappa shape index (κ3) is 5.90. The monoisotopic (exact) mass is 682 g/mol. The van der Waals surface area contributed by atoms with Gasteiger partial charge in [0.1, 0.15) is 17.3 Å². The number of hydrogen-bond donors (Lipinski definition) is 0. The molecule has 1 aliphatic rings. The Morgan fingerprint density at radius 1 is 0.538 bits per heavy atom. The van der Waals surface area contributed by atoms with Gasteiger partial charge >= 0.3 is 0 Å². The molecule has 0 aliphatic carbocycles. The van der Waals surface area contributed by atoms with Gasteiger partial charge in [0.2, 0.25) is 0 Å². The molecular formula is C47H46N4O. The Hall–Kier alpha value is -5.81. The fourth-order valence-electron chi connectivity index (χ4n) is 7.50. The van der Waals surface area contributed by atoms with E-state index < -0.39 is 0 Å². The number of anilines is 2. The molecule has 8 rings (SSSR count). The van der Waals surface area contributed by atoms with Gasteiger partial charge < -0.3 is 14.5 Å². The molecule has 7 aromatic rings. The lowest BCUT2D eigenvalue weighted by molar-refractivity contribution is 0.483. The molecule has 2 aromatic heterocycles. The highest BCUT2D eigenvalue weighted by atomic mass is 16.5. The van der Waals surface area contributed by atoms with Gasteiger partial charge in [-0.3, -0.25) is 4.57 Å². The maximum atomic E-state index is 6.63. The van der Waals surface area contributed by atoms with Crippen LogP contribution in [-0.2, 0) is 10.8 Å². The van der Waals surface area contributed by atoms with Gasteiger partial charge in [-0.05, 0) is 90.6 Å². The molecule has 0 atom stereocenters. The highest BCUT2D eigenvalue weighted by Gasteiger charge is 2.28. The van der Waals surface area contributed by atoms with Gasteiger partial charge in [0.15, 0.2) is 0 Å². The summed E-state index contributed by atoms with van der Waals surface area (Å²) in [5.41, 5.74) is 10.7. The topological polar surface area (TPSA) is 33.5 Å². The zero-order chi connectivity index (χ0) is 36.2. The predicted octanol–water partition coefficient (Wildman–Crippen LogP) is 12.1. The van der Waals surface area contributed by atoms with E-state index in [0.717, 1.165) is 40.7 Å². The minimum atomic E-state index is -0.112. The highest BCUT2D eigenvalue weighted by Crippen LogP contribution is 2.39. The van der Waals surface area contributed by atoms with Gasteiger partial charge in [-0.25, -0.2) is 4.98 Å². The number of aromatic nitrogens is 2. The van der Waals surface area contributed by atoms with Crippen LogP contribution in [0.15, 0.2) is 151 Å². The lowest BCUT2D eigenvalue weighted by Gasteiger charge is -2.29. The fraction of sp³-hybridized carbons (Fsp3) is 0.213. The van der Waals surface area contributed by atoms with Crippen molar-refractivity contribution in [3.05, 3.63) is 168 Å². The first-order valence-electron chi connectivity index (χ1n) is 18.2. The molecule has 0 bridgehead atoms. The summed E-state index contributed by atoms with van der Waals surface area (Å²) in [6.45, 7) is 16.5. The molecule has 52 heavy (non-hydrogen) atoms. The molecular weight excluding hydrogens is 637 g/mol. The summed E-state index contributed by atoms with van der Waals surface area (Å²) in [5.74, 6) is 2.48. The van der Waals surface area contributed by atoms with Gasteiger partial charge in [-0.2, -0.15) is 0 Å². The van der Waals surface area contributed by atoms with E-state index in [1.165, 1.54) is 44.5 Å². The van der Waals surface area contributed by atoms with Gasteiger partial charge in [-0.15, -0.1) is 0 Å². The van der Waals surface area contributed by atoms with Crippen LogP contribution in [0.1, 0.15) is 65.2 Å². The van der Waals surface area contributed by atoms with Crippen molar-refractivity contribution in [1.82, 2.24) is 9.55 Å². The van der Waals surface area contributed by atoms with Crippen molar-refractivity contribution in [3.8, 4) is 17.3 Å². The van der Waals surface area contributed by atoms with Crippen LogP contribution in [0, 0.1) is 0 Å². The van der Waals surface area contributed by atoms with E-state index >= 15 is 0 Å². The average molecular weight is 683 g/mol. The average Bonchev–Trinajstić information content (AvgIpc) is 3.64. The van der Waals surface area contributed by atoms with Crippen LogP contribution < -0.4 is 14.5 Å². The number of allylic oxidation sites excluding steroid dienone is 2. The lowest BCUT2D eigenvalue weighted by atomic mass is 9.78. The Bertz CT molecular complexity index is 2470. The third-order valence-corrected chi connectivity index (χ3v) is 10.8. The van der Waals surface area contributed by atoms with Crippen molar-refractivity contribution in [3.63, 3.8) is 0 Å². The largest absolute Gasteiger partial charge is 0.457 e. The Morgan fingerprint density at radius 2 is 1.17 bits per heavy atom. The van der Waals surface area contributed by atoms with E-state index in [1.807, 2.05) is 12.3 Å². The summed E-state index contributed by atoms with van der Waals surface area (Å²) in [6, 6.07) is 47.4. The van der Waals surface area contributed by atoms with Gasteiger partial charge in [0.25, 0.3) is 0 Å². The summed E-state index contributed by atoms with van der Waals surface area (Å²) in [4.78, 5) is 9.62. The van der Waals surface area contributed by atoms with Gasteiger partial charge in [0, 0.05) is 57.3 Å². The normalized spacial score (nSPS) is 13.8. The first kappa shape index (κ1) is 33.3. The second-order valence-corrected chi connectivity index (χ2v) is 15.5. The minimum absolute atomic E-state index is 0.0114. The molecule has 0 fully saturated rings. The van der Waals surface area contributed by atoms with Crippen LogP contribution >= 0.6 is 0 Å². The van der Waals surface area contributed by atoms with Crippen LogP contribution in [0.5, 0.6) is 11.5 Å². The van der Waals surface area contributed by atoms with E-state index in [0.29, 0.717) is 0 Å². The molecule has 0 saturated carbocycles. The van der Waals surface area contributed by atoms with Crippen LogP contribution in [0.4, 0.5) is 11.4 Å². The summed E-state index contributed by atoms with van der Waals surface area (Å²) < 4.78 is 8.89. The summed E-state index contributed by atoms with van der Waals surface area (Å²) in [7, 11) is 0. The van der Waals surface area contributed by atoms with Crippen molar-refractivity contribution in [1.29, 1.82) is 0 Å². The number of fused-ring (bicyclic) bond motifs is 3. The Morgan fingerprint density at radius 3 is 1.92 bits per heavy atom. The molecule has 0 N–H and O–H groups in total. The molecule has 0 radical (unpaired) electrons. The molecule has 0 spiro atoms. The highest BCUT2D eigenvalue weighted by molar-refractivity contribution is 6.09. The zero-order valence-electron chi connectivity index (χ0n) is 31.2. The molecule has 260 valence electrons. The maximum Gasteiger partial charge on any atom is 0.137 e. The molecule has 1 aliphatic heterocycles. The molecule has 5 nitrogen and oxygen atoms in total. The predicted molar refractivity (Wildman–Crippen MR) is 217 cm³/mol. The van der Waals surface area contributed by atoms with E-state index in [9.17, 15) is 0 Å². The first-order valence-corrected chi connectivity index (χ1v) is 18.2. The van der Waals surface area contributed by atoms with E-state index in [2.05, 4.69) is 190 Å². The second-order valence-electron chi connectivity index (χ2n) is 15.5. The smallest absolute Gasteiger partial charge is 0.137 e. The van der Waals surface area contributed by atoms with Crippen molar-refractivity contribution in [2.24, 2.45) is 0 Å². The standard InChI is InChI=1S/C47H46N4O/c1-32-33(2)50(31-49(32)37-18-13-17-36(27-37)47(6,7)34-15-9-8-10-16-34)38-19-14-20-39(29-38)52-40-23-24-42-41-21-11-12-22-43(41)51(44(42)30-40)45-28-35(25-26-48-45)46(3,4)5/h8-30H,31H2,1-7H3. The van der Waals surface area contributed by atoms with Crippen molar-refractivity contribution < 1.29 is 4.74 Å². The van der Waals surface area contributed by atoms with E-state index in [-0.39, 0.29) is 10.8 Å². The molecule has 3 heterocycles. The first-order chi connectivity index (χ1) is 25.0. The van der Waals surface area contributed by atoms with E-state index in [1.54, 1.807) is 0 Å². The quantitative estimate of drug-likeness (QED) is 0.168. The number of benzene rings is 5. The Labute approximate surface area is 307 Å². The van der Waals surface area contributed by atoms with Crippen LogP contribution in [0.25, 0.3) is 27.6 Å². The number of rotatable bonds is 7. The summed E-state index contributed by atoms with van der Waals surface area (Å²) in [5, 5.41) is 2.36. The number of ether oxygens (including phenoxy) is 1. The number of pyridine rings is 1. The molecule has 5 heteroatoms. The molecule has 0 unspecified atom stereocenters. The fourth-order valence-corrected chi connectivity index (χ4v) is 7.50. The minimum Gasteiger partial charge on any atom is -0.457 e. The Kier molecular flexibility index (Phi) is 8.18. The second kappa shape index (κ2) is 12.8. The van der Waals surface area contributed by atoms with Crippen LogP contribution in [0.2, 0.25) is 0 Å². The lowest BCUT2D eigenvalue weighted by Crippen LogP contribution is -2.27. The van der Waals surface area contributed by atoms with Crippen molar-refractivity contribution >= 4 is 33.2 Å². The third-order valence-electron chi connectivity index (χ3n) is 10.8. The number of para-hydroxylation sites is 1. The molecule has 0 saturated heterocycles. The van der Waals surface area contributed by atoms with Gasteiger partial charge in [-0.1, -0.05) is 101 Å². The Balaban J connectivity index is 1.09. The van der Waals surface area contributed by atoms with Gasteiger partial charge in [0.05, 0.1) is 17.7 Å². The molecule has 0 amide bonds. The van der Waals surface area contributed by atoms with Crippen LogP contribution in [0.3, 0.4) is 0 Å². The molecule has 5 aromatic carbocycles. The van der Waals surface area contributed by atoms with Crippen LogP contribution in [-0.4, -0.2) is 16.2 Å². The summed E-state index contributed by atoms with van der Waals surface area (Å²) >= 11 is 0. The van der Waals surface area contributed by atoms with Crippen molar-refractivity contribution in [2.75, 3.05) is 16.5 Å².